The Balaban J connectivity index is 1.72. The van der Waals surface area contributed by atoms with E-state index in [2.05, 4.69) is 31.4 Å². The lowest BCUT2D eigenvalue weighted by Gasteiger charge is -2.04. The molecule has 3 aromatic heterocycles. The number of pyridine rings is 1. The summed E-state index contributed by atoms with van der Waals surface area (Å²) in [4.78, 5) is 13.0. The van der Waals surface area contributed by atoms with E-state index in [1.807, 2.05) is 30.2 Å². The molecule has 21 heavy (non-hydrogen) atoms. The topological polar surface area (TPSA) is 68.5 Å². The standard InChI is InChI=1S/C15H16N6/c1-16-14-5-13(18-9-19-14)11-4-12-7-20-21(8-10-2-3-10)15(12)17-6-11/h4-7,9-10H,2-3,8H2,1H3,(H,16,18,19). The van der Waals surface area contributed by atoms with Crippen LogP contribution in [-0.2, 0) is 6.54 Å². The first kappa shape index (κ1) is 12.3. The number of anilines is 1. The maximum Gasteiger partial charge on any atom is 0.157 e. The molecule has 3 aromatic rings. The van der Waals surface area contributed by atoms with E-state index in [0.717, 1.165) is 40.6 Å². The van der Waals surface area contributed by atoms with Crippen LogP contribution in [0.3, 0.4) is 0 Å². The van der Waals surface area contributed by atoms with Crippen molar-refractivity contribution in [1.29, 1.82) is 0 Å². The molecule has 0 amide bonds. The predicted octanol–water partition coefficient (Wildman–Crippen LogP) is 2.34. The molecule has 0 spiro atoms. The summed E-state index contributed by atoms with van der Waals surface area (Å²) in [6.45, 7) is 0.979. The van der Waals surface area contributed by atoms with Gasteiger partial charge < -0.3 is 5.32 Å². The van der Waals surface area contributed by atoms with E-state index in [9.17, 15) is 0 Å². The minimum absolute atomic E-state index is 0.787. The lowest BCUT2D eigenvalue weighted by molar-refractivity contribution is 0.576. The van der Waals surface area contributed by atoms with E-state index in [0.29, 0.717) is 0 Å². The predicted molar refractivity (Wildman–Crippen MR) is 80.8 cm³/mol. The van der Waals surface area contributed by atoms with E-state index in [4.69, 9.17) is 0 Å². The number of fused-ring (bicyclic) bond motifs is 1. The van der Waals surface area contributed by atoms with E-state index < -0.39 is 0 Å². The molecule has 1 saturated carbocycles. The summed E-state index contributed by atoms with van der Waals surface area (Å²) in [6, 6.07) is 4.00. The van der Waals surface area contributed by atoms with Crippen molar-refractivity contribution < 1.29 is 0 Å². The summed E-state index contributed by atoms with van der Waals surface area (Å²) in [6.07, 6.45) is 7.92. The fourth-order valence-corrected chi connectivity index (χ4v) is 2.44. The zero-order valence-corrected chi connectivity index (χ0v) is 11.8. The van der Waals surface area contributed by atoms with Gasteiger partial charge in [0.25, 0.3) is 0 Å². The third-order valence-corrected chi connectivity index (χ3v) is 3.82. The first-order valence-corrected chi connectivity index (χ1v) is 7.15. The summed E-state index contributed by atoms with van der Waals surface area (Å²) in [5.41, 5.74) is 2.79. The van der Waals surface area contributed by atoms with Crippen molar-refractivity contribution in [2.75, 3.05) is 12.4 Å². The lowest BCUT2D eigenvalue weighted by Crippen LogP contribution is -2.02. The highest BCUT2D eigenvalue weighted by molar-refractivity contribution is 5.80. The van der Waals surface area contributed by atoms with Crippen LogP contribution in [0.4, 0.5) is 5.82 Å². The Labute approximate surface area is 122 Å². The third-order valence-electron chi connectivity index (χ3n) is 3.82. The second-order valence-electron chi connectivity index (χ2n) is 5.45. The molecule has 1 N–H and O–H groups in total. The van der Waals surface area contributed by atoms with Crippen molar-refractivity contribution in [2.45, 2.75) is 19.4 Å². The fraction of sp³-hybridized carbons (Fsp3) is 0.333. The van der Waals surface area contributed by atoms with Crippen LogP contribution in [-0.4, -0.2) is 31.8 Å². The van der Waals surface area contributed by atoms with Crippen molar-refractivity contribution in [3.05, 3.63) is 30.9 Å². The first-order chi connectivity index (χ1) is 10.3. The first-order valence-electron chi connectivity index (χ1n) is 7.15. The number of aromatic nitrogens is 5. The summed E-state index contributed by atoms with van der Waals surface area (Å²) >= 11 is 0. The van der Waals surface area contributed by atoms with E-state index in [1.165, 1.54) is 12.8 Å². The Morgan fingerprint density at radius 2 is 2.10 bits per heavy atom. The average molecular weight is 280 g/mol. The third kappa shape index (κ3) is 2.33. The largest absolute Gasteiger partial charge is 0.373 e. The smallest absolute Gasteiger partial charge is 0.157 e. The summed E-state index contributed by atoms with van der Waals surface area (Å²) < 4.78 is 2.01. The van der Waals surface area contributed by atoms with E-state index in [-0.39, 0.29) is 0 Å². The lowest BCUT2D eigenvalue weighted by atomic mass is 10.2. The molecule has 0 aliphatic heterocycles. The van der Waals surface area contributed by atoms with Crippen LogP contribution < -0.4 is 5.32 Å². The van der Waals surface area contributed by atoms with Gasteiger partial charge in [-0.1, -0.05) is 0 Å². The maximum absolute atomic E-state index is 4.57. The zero-order chi connectivity index (χ0) is 14.2. The Morgan fingerprint density at radius 3 is 2.90 bits per heavy atom. The van der Waals surface area contributed by atoms with Crippen LogP contribution in [0.25, 0.3) is 22.3 Å². The normalized spacial score (nSPS) is 14.5. The molecule has 0 aromatic carbocycles. The van der Waals surface area contributed by atoms with Crippen molar-refractivity contribution >= 4 is 16.9 Å². The number of hydrogen-bond acceptors (Lipinski definition) is 5. The number of hydrogen-bond donors (Lipinski definition) is 1. The van der Waals surface area contributed by atoms with Gasteiger partial charge in [-0.05, 0) is 24.8 Å². The average Bonchev–Trinajstić information content (AvgIpc) is 3.27. The second kappa shape index (κ2) is 4.80. The van der Waals surface area contributed by atoms with Crippen molar-refractivity contribution in [2.24, 2.45) is 5.92 Å². The van der Waals surface area contributed by atoms with Crippen LogP contribution in [0, 0.1) is 5.92 Å². The highest BCUT2D eigenvalue weighted by Gasteiger charge is 2.23. The van der Waals surface area contributed by atoms with Crippen molar-refractivity contribution in [1.82, 2.24) is 24.7 Å². The maximum atomic E-state index is 4.57. The van der Waals surface area contributed by atoms with Gasteiger partial charge in [-0.2, -0.15) is 5.10 Å². The van der Waals surface area contributed by atoms with Gasteiger partial charge in [-0.15, -0.1) is 0 Å². The highest BCUT2D eigenvalue weighted by atomic mass is 15.3. The molecule has 1 aliphatic rings. The molecule has 6 nitrogen and oxygen atoms in total. The van der Waals surface area contributed by atoms with Gasteiger partial charge in [-0.25, -0.2) is 19.6 Å². The minimum atomic E-state index is 0.787. The molecular weight excluding hydrogens is 264 g/mol. The molecule has 0 unspecified atom stereocenters. The van der Waals surface area contributed by atoms with E-state index in [1.54, 1.807) is 6.33 Å². The Bertz CT molecular complexity index is 790. The molecule has 1 fully saturated rings. The highest BCUT2D eigenvalue weighted by Crippen LogP contribution is 2.31. The number of nitrogens with zero attached hydrogens (tertiary/aromatic N) is 5. The van der Waals surface area contributed by atoms with Gasteiger partial charge in [0.1, 0.15) is 12.1 Å². The summed E-state index contributed by atoms with van der Waals surface area (Å²) in [5, 5.41) is 8.53. The summed E-state index contributed by atoms with van der Waals surface area (Å²) in [5.74, 6) is 1.58. The van der Waals surface area contributed by atoms with Crippen LogP contribution >= 0.6 is 0 Å². The minimum Gasteiger partial charge on any atom is -0.373 e. The van der Waals surface area contributed by atoms with Crippen LogP contribution in [0.1, 0.15) is 12.8 Å². The monoisotopic (exact) mass is 280 g/mol. The van der Waals surface area contributed by atoms with Gasteiger partial charge >= 0.3 is 0 Å². The van der Waals surface area contributed by atoms with Gasteiger partial charge in [0.15, 0.2) is 5.65 Å². The van der Waals surface area contributed by atoms with Gasteiger partial charge in [0.2, 0.25) is 0 Å². The molecule has 0 bridgehead atoms. The fourth-order valence-electron chi connectivity index (χ4n) is 2.44. The van der Waals surface area contributed by atoms with Crippen LogP contribution in [0.5, 0.6) is 0 Å². The SMILES string of the molecule is CNc1cc(-c2cnc3c(cnn3CC3CC3)c2)ncn1. The molecular formula is C15H16N6. The van der Waals surface area contributed by atoms with Gasteiger partial charge in [0.05, 0.1) is 11.9 Å². The van der Waals surface area contributed by atoms with E-state index >= 15 is 0 Å². The second-order valence-corrected chi connectivity index (χ2v) is 5.45. The van der Waals surface area contributed by atoms with Crippen LogP contribution in [0.15, 0.2) is 30.9 Å². The number of rotatable bonds is 4. The molecule has 0 atom stereocenters. The van der Waals surface area contributed by atoms with Gasteiger partial charge in [0, 0.05) is 36.8 Å². The van der Waals surface area contributed by atoms with Crippen LogP contribution in [0.2, 0.25) is 0 Å². The molecule has 1 aliphatic carbocycles. The molecule has 0 radical (unpaired) electrons. The molecule has 4 rings (SSSR count). The van der Waals surface area contributed by atoms with Gasteiger partial charge in [-0.3, -0.25) is 0 Å². The van der Waals surface area contributed by atoms with Crippen molar-refractivity contribution in [3.63, 3.8) is 0 Å². The molecule has 6 heteroatoms. The molecule has 0 saturated heterocycles. The molecule has 106 valence electrons. The quantitative estimate of drug-likeness (QED) is 0.794. The summed E-state index contributed by atoms with van der Waals surface area (Å²) in [7, 11) is 1.84. The molecule has 3 heterocycles. The Morgan fingerprint density at radius 1 is 1.19 bits per heavy atom. The Kier molecular flexibility index (Phi) is 2.80. The Hall–Kier alpha value is -2.50. The zero-order valence-electron chi connectivity index (χ0n) is 11.8. The number of nitrogens with one attached hydrogen (secondary N) is 1. The van der Waals surface area contributed by atoms with Crippen molar-refractivity contribution in [3.8, 4) is 11.3 Å².